The van der Waals surface area contributed by atoms with Gasteiger partial charge in [0.15, 0.2) is 0 Å². The molecule has 0 fully saturated rings. The van der Waals surface area contributed by atoms with Gasteiger partial charge in [0, 0.05) is 13.3 Å². The van der Waals surface area contributed by atoms with E-state index < -0.39 is 0 Å². The van der Waals surface area contributed by atoms with Gasteiger partial charge in [-0.2, -0.15) is 0 Å². The number of carbonyl (C=O) groups excluding carboxylic acids is 1. The van der Waals surface area contributed by atoms with Crippen molar-refractivity contribution in [1.82, 2.24) is 4.98 Å². The molecule has 1 heterocycles. The molecule has 0 saturated carbocycles. The highest BCUT2D eigenvalue weighted by molar-refractivity contribution is 5.89. The molecule has 1 unspecified atom stereocenters. The second-order valence-electron chi connectivity index (χ2n) is 3.07. The molecule has 0 saturated heterocycles. The number of esters is 1. The van der Waals surface area contributed by atoms with Crippen LogP contribution in [-0.2, 0) is 9.47 Å². The fourth-order valence-corrected chi connectivity index (χ4v) is 1.13. The molecule has 0 N–H and O–H groups in total. The SMILES string of the molecule is CCOC(=O)c1ccnc(C(C)OC)c1. The number of methoxy groups -OCH3 is 1. The summed E-state index contributed by atoms with van der Waals surface area (Å²) >= 11 is 0. The molecule has 0 aliphatic heterocycles. The molecule has 0 radical (unpaired) electrons. The highest BCUT2D eigenvalue weighted by Crippen LogP contribution is 2.14. The molecule has 4 heteroatoms. The van der Waals surface area contributed by atoms with Gasteiger partial charge in [-0.15, -0.1) is 0 Å². The summed E-state index contributed by atoms with van der Waals surface area (Å²) in [7, 11) is 1.60. The lowest BCUT2D eigenvalue weighted by atomic mass is 10.2. The molecule has 1 aromatic rings. The van der Waals surface area contributed by atoms with Gasteiger partial charge in [0.25, 0.3) is 0 Å². The van der Waals surface area contributed by atoms with E-state index in [-0.39, 0.29) is 12.1 Å². The van der Waals surface area contributed by atoms with E-state index in [4.69, 9.17) is 9.47 Å². The van der Waals surface area contributed by atoms with E-state index in [2.05, 4.69) is 4.98 Å². The Kier molecular flexibility index (Phi) is 4.24. The zero-order valence-corrected chi connectivity index (χ0v) is 9.19. The third-order valence-electron chi connectivity index (χ3n) is 2.06. The molecule has 15 heavy (non-hydrogen) atoms. The Morgan fingerprint density at radius 2 is 2.33 bits per heavy atom. The van der Waals surface area contributed by atoms with E-state index in [0.717, 1.165) is 5.69 Å². The summed E-state index contributed by atoms with van der Waals surface area (Å²) in [6.07, 6.45) is 1.45. The van der Waals surface area contributed by atoms with E-state index in [1.54, 1.807) is 32.4 Å². The molecular weight excluding hydrogens is 194 g/mol. The molecule has 0 spiro atoms. The van der Waals surface area contributed by atoms with Crippen molar-refractivity contribution in [3.05, 3.63) is 29.6 Å². The van der Waals surface area contributed by atoms with E-state index in [0.29, 0.717) is 12.2 Å². The third kappa shape index (κ3) is 3.02. The maximum absolute atomic E-state index is 11.4. The van der Waals surface area contributed by atoms with E-state index in [1.165, 1.54) is 0 Å². The summed E-state index contributed by atoms with van der Waals surface area (Å²) in [5.74, 6) is -0.329. The summed E-state index contributed by atoms with van der Waals surface area (Å²) < 4.78 is 10.0. The maximum atomic E-state index is 11.4. The molecule has 82 valence electrons. The third-order valence-corrected chi connectivity index (χ3v) is 2.06. The number of rotatable bonds is 4. The Labute approximate surface area is 89.2 Å². The highest BCUT2D eigenvalue weighted by Gasteiger charge is 2.10. The van der Waals surface area contributed by atoms with Crippen LogP contribution in [-0.4, -0.2) is 24.7 Å². The number of hydrogen-bond donors (Lipinski definition) is 0. The van der Waals surface area contributed by atoms with Gasteiger partial charge in [0.05, 0.1) is 24.0 Å². The average molecular weight is 209 g/mol. The quantitative estimate of drug-likeness (QED) is 0.711. The number of carbonyl (C=O) groups is 1. The van der Waals surface area contributed by atoms with Crippen molar-refractivity contribution in [2.45, 2.75) is 20.0 Å². The first-order valence-electron chi connectivity index (χ1n) is 4.85. The van der Waals surface area contributed by atoms with Crippen molar-refractivity contribution in [1.29, 1.82) is 0 Å². The fraction of sp³-hybridized carbons (Fsp3) is 0.455. The lowest BCUT2D eigenvalue weighted by Gasteiger charge is -2.09. The van der Waals surface area contributed by atoms with Crippen molar-refractivity contribution >= 4 is 5.97 Å². The van der Waals surface area contributed by atoms with Crippen LogP contribution in [0.4, 0.5) is 0 Å². The van der Waals surface area contributed by atoms with Gasteiger partial charge in [-0.1, -0.05) is 0 Å². The molecule has 1 aromatic heterocycles. The van der Waals surface area contributed by atoms with Crippen molar-refractivity contribution in [2.24, 2.45) is 0 Å². The first kappa shape index (κ1) is 11.7. The number of hydrogen-bond acceptors (Lipinski definition) is 4. The Bertz CT molecular complexity index is 338. The topological polar surface area (TPSA) is 48.4 Å². The summed E-state index contributed by atoms with van der Waals surface area (Å²) in [5.41, 5.74) is 1.23. The highest BCUT2D eigenvalue weighted by atomic mass is 16.5. The van der Waals surface area contributed by atoms with Gasteiger partial charge in [-0.05, 0) is 26.0 Å². The molecule has 0 amide bonds. The average Bonchev–Trinajstić information content (AvgIpc) is 2.28. The van der Waals surface area contributed by atoms with E-state index in [9.17, 15) is 4.79 Å². The standard InChI is InChI=1S/C11H15NO3/c1-4-15-11(13)9-5-6-12-10(7-9)8(2)14-3/h5-8H,4H2,1-3H3. The van der Waals surface area contributed by atoms with E-state index >= 15 is 0 Å². The lowest BCUT2D eigenvalue weighted by molar-refractivity contribution is 0.0525. The number of ether oxygens (including phenoxy) is 2. The molecule has 1 rings (SSSR count). The van der Waals surface area contributed by atoms with Crippen LogP contribution in [0.25, 0.3) is 0 Å². The molecule has 0 aromatic carbocycles. The Balaban J connectivity index is 2.87. The molecule has 0 aliphatic carbocycles. The second-order valence-corrected chi connectivity index (χ2v) is 3.07. The molecule has 0 bridgehead atoms. The minimum Gasteiger partial charge on any atom is -0.462 e. The number of pyridine rings is 1. The normalized spacial score (nSPS) is 12.2. The summed E-state index contributed by atoms with van der Waals surface area (Å²) in [4.78, 5) is 15.5. The van der Waals surface area contributed by atoms with Crippen molar-refractivity contribution in [2.75, 3.05) is 13.7 Å². The van der Waals surface area contributed by atoms with Crippen LogP contribution in [0, 0.1) is 0 Å². The smallest absolute Gasteiger partial charge is 0.338 e. The Morgan fingerprint density at radius 3 is 2.93 bits per heavy atom. The van der Waals surface area contributed by atoms with Gasteiger partial charge < -0.3 is 9.47 Å². The van der Waals surface area contributed by atoms with Crippen LogP contribution >= 0.6 is 0 Å². The second kappa shape index (κ2) is 5.46. The number of aromatic nitrogens is 1. The summed E-state index contributed by atoms with van der Waals surface area (Å²) in [5, 5.41) is 0. The molecule has 0 aliphatic rings. The largest absolute Gasteiger partial charge is 0.462 e. The van der Waals surface area contributed by atoms with Gasteiger partial charge >= 0.3 is 5.97 Å². The van der Waals surface area contributed by atoms with Crippen molar-refractivity contribution < 1.29 is 14.3 Å². The predicted molar refractivity (Wildman–Crippen MR) is 55.6 cm³/mol. The molecular formula is C11H15NO3. The first-order chi connectivity index (χ1) is 7.19. The van der Waals surface area contributed by atoms with Crippen LogP contribution < -0.4 is 0 Å². The van der Waals surface area contributed by atoms with Crippen LogP contribution in [0.1, 0.15) is 36.0 Å². The zero-order chi connectivity index (χ0) is 11.3. The summed E-state index contributed by atoms with van der Waals surface area (Å²) in [6, 6.07) is 3.32. The minimum atomic E-state index is -0.329. The minimum absolute atomic E-state index is 0.126. The Hall–Kier alpha value is -1.42. The Morgan fingerprint density at radius 1 is 1.60 bits per heavy atom. The van der Waals surface area contributed by atoms with Gasteiger partial charge in [0.2, 0.25) is 0 Å². The zero-order valence-electron chi connectivity index (χ0n) is 9.19. The first-order valence-corrected chi connectivity index (χ1v) is 4.85. The fourth-order valence-electron chi connectivity index (χ4n) is 1.13. The molecule has 4 nitrogen and oxygen atoms in total. The monoisotopic (exact) mass is 209 g/mol. The van der Waals surface area contributed by atoms with Gasteiger partial charge in [-0.3, -0.25) is 4.98 Å². The lowest BCUT2D eigenvalue weighted by Crippen LogP contribution is -2.07. The van der Waals surface area contributed by atoms with Gasteiger partial charge in [0.1, 0.15) is 0 Å². The van der Waals surface area contributed by atoms with Crippen LogP contribution in [0.5, 0.6) is 0 Å². The van der Waals surface area contributed by atoms with Crippen LogP contribution in [0.3, 0.4) is 0 Å². The van der Waals surface area contributed by atoms with Crippen molar-refractivity contribution in [3.8, 4) is 0 Å². The summed E-state index contributed by atoms with van der Waals surface area (Å²) in [6.45, 7) is 4.02. The van der Waals surface area contributed by atoms with Crippen LogP contribution in [0.15, 0.2) is 18.3 Å². The van der Waals surface area contributed by atoms with Crippen molar-refractivity contribution in [3.63, 3.8) is 0 Å². The maximum Gasteiger partial charge on any atom is 0.338 e. The predicted octanol–water partition coefficient (Wildman–Crippen LogP) is 1.97. The molecule has 1 atom stereocenters. The van der Waals surface area contributed by atoms with Crippen LogP contribution in [0.2, 0.25) is 0 Å². The van der Waals surface area contributed by atoms with E-state index in [1.807, 2.05) is 6.92 Å². The van der Waals surface area contributed by atoms with Gasteiger partial charge in [-0.25, -0.2) is 4.79 Å². The number of nitrogens with zero attached hydrogens (tertiary/aromatic N) is 1.